The zero-order valence-corrected chi connectivity index (χ0v) is 22.8. The molecule has 9 aromatic rings. The van der Waals surface area contributed by atoms with E-state index in [4.69, 9.17) is 4.42 Å². The van der Waals surface area contributed by atoms with Crippen LogP contribution in [0.4, 0.5) is 17.1 Å². The van der Waals surface area contributed by atoms with Gasteiger partial charge < -0.3 is 9.32 Å². The molecule has 42 heavy (non-hydrogen) atoms. The molecule has 0 spiro atoms. The molecule has 0 aliphatic carbocycles. The van der Waals surface area contributed by atoms with Crippen LogP contribution in [0.1, 0.15) is 0 Å². The standard InChI is InChI=1S/C40H25NO/c1-2-14-29(15-3-1)41(35-19-10-20-37-39(35)34-24-22-27-12-5-9-18-32(27)40(34)42-37)36-25-28-13-6-7-16-30(28)33-23-21-26-11-4-8-17-31(26)38(33)36/h1-25H. The molecule has 0 unspecified atom stereocenters. The maximum absolute atomic E-state index is 6.63. The van der Waals surface area contributed by atoms with E-state index in [0.717, 1.165) is 44.4 Å². The largest absolute Gasteiger partial charge is 0.455 e. The topological polar surface area (TPSA) is 16.4 Å². The summed E-state index contributed by atoms with van der Waals surface area (Å²) < 4.78 is 6.63. The van der Waals surface area contributed by atoms with E-state index < -0.39 is 0 Å². The lowest BCUT2D eigenvalue weighted by Crippen LogP contribution is -2.11. The van der Waals surface area contributed by atoms with Gasteiger partial charge in [0, 0.05) is 21.8 Å². The van der Waals surface area contributed by atoms with Crippen molar-refractivity contribution in [2.24, 2.45) is 0 Å². The zero-order valence-electron chi connectivity index (χ0n) is 22.8. The Morgan fingerprint density at radius 1 is 0.381 bits per heavy atom. The first-order chi connectivity index (χ1) is 20.8. The molecule has 0 aliphatic rings. The summed E-state index contributed by atoms with van der Waals surface area (Å²) in [6, 6.07) is 54.3. The first-order valence-corrected chi connectivity index (χ1v) is 14.4. The Hall–Kier alpha value is -5.60. The predicted octanol–water partition coefficient (Wildman–Crippen LogP) is 11.7. The van der Waals surface area contributed by atoms with Gasteiger partial charge in [0.15, 0.2) is 0 Å². The molecule has 0 fully saturated rings. The number of fused-ring (bicyclic) bond motifs is 10. The number of hydrogen-bond donors (Lipinski definition) is 0. The highest BCUT2D eigenvalue weighted by Gasteiger charge is 2.23. The van der Waals surface area contributed by atoms with Gasteiger partial charge in [-0.3, -0.25) is 0 Å². The molecule has 9 rings (SSSR count). The summed E-state index contributed by atoms with van der Waals surface area (Å²) in [6.07, 6.45) is 0. The molecule has 2 nitrogen and oxygen atoms in total. The molecule has 2 heteroatoms. The number of benzene rings is 8. The van der Waals surface area contributed by atoms with Gasteiger partial charge in [-0.05, 0) is 68.7 Å². The minimum Gasteiger partial charge on any atom is -0.455 e. The molecule has 0 bridgehead atoms. The molecule has 0 aliphatic heterocycles. The normalized spacial score (nSPS) is 11.8. The number of anilines is 3. The third-order valence-corrected chi connectivity index (χ3v) is 8.59. The van der Waals surface area contributed by atoms with Crippen LogP contribution in [0, 0.1) is 0 Å². The van der Waals surface area contributed by atoms with Gasteiger partial charge in [0.25, 0.3) is 0 Å². The number of para-hydroxylation sites is 1. The van der Waals surface area contributed by atoms with E-state index in [1.165, 1.54) is 37.7 Å². The predicted molar refractivity (Wildman–Crippen MR) is 178 cm³/mol. The average Bonchev–Trinajstić information content (AvgIpc) is 3.45. The van der Waals surface area contributed by atoms with Crippen molar-refractivity contribution in [1.29, 1.82) is 0 Å². The van der Waals surface area contributed by atoms with Gasteiger partial charge in [0.2, 0.25) is 0 Å². The van der Waals surface area contributed by atoms with Gasteiger partial charge >= 0.3 is 0 Å². The molecule has 8 aromatic carbocycles. The van der Waals surface area contributed by atoms with Crippen molar-refractivity contribution in [1.82, 2.24) is 0 Å². The number of nitrogens with zero attached hydrogens (tertiary/aromatic N) is 1. The zero-order chi connectivity index (χ0) is 27.6. The van der Waals surface area contributed by atoms with Crippen LogP contribution in [0.2, 0.25) is 0 Å². The summed E-state index contributed by atoms with van der Waals surface area (Å²) in [7, 11) is 0. The minimum atomic E-state index is 0.884. The molecule has 0 N–H and O–H groups in total. The van der Waals surface area contributed by atoms with E-state index in [0.29, 0.717) is 0 Å². The molecule has 0 amide bonds. The lowest BCUT2D eigenvalue weighted by Gasteiger charge is -2.28. The van der Waals surface area contributed by atoms with E-state index >= 15 is 0 Å². The van der Waals surface area contributed by atoms with E-state index in [2.05, 4.69) is 157 Å². The van der Waals surface area contributed by atoms with E-state index in [9.17, 15) is 0 Å². The summed E-state index contributed by atoms with van der Waals surface area (Å²) >= 11 is 0. The summed E-state index contributed by atoms with van der Waals surface area (Å²) in [6.45, 7) is 0. The number of hydrogen-bond acceptors (Lipinski definition) is 2. The highest BCUT2D eigenvalue weighted by molar-refractivity contribution is 6.25. The van der Waals surface area contributed by atoms with Crippen LogP contribution >= 0.6 is 0 Å². The summed E-state index contributed by atoms with van der Waals surface area (Å²) in [5, 5.41) is 12.0. The monoisotopic (exact) mass is 535 g/mol. The van der Waals surface area contributed by atoms with Crippen LogP contribution in [0.3, 0.4) is 0 Å². The highest BCUT2D eigenvalue weighted by Crippen LogP contribution is 2.48. The van der Waals surface area contributed by atoms with Gasteiger partial charge in [-0.25, -0.2) is 0 Å². The lowest BCUT2D eigenvalue weighted by atomic mass is 9.94. The first kappa shape index (κ1) is 23.1. The molecule has 0 atom stereocenters. The summed E-state index contributed by atoms with van der Waals surface area (Å²) in [4.78, 5) is 2.42. The number of furan rings is 1. The van der Waals surface area contributed by atoms with Crippen LogP contribution in [0.5, 0.6) is 0 Å². The Labute approximate surface area is 242 Å². The molecule has 0 saturated carbocycles. The molecule has 1 aromatic heterocycles. The number of rotatable bonds is 3. The fourth-order valence-corrected chi connectivity index (χ4v) is 6.74. The third-order valence-electron chi connectivity index (χ3n) is 8.59. The van der Waals surface area contributed by atoms with E-state index in [-0.39, 0.29) is 0 Å². The smallest absolute Gasteiger partial charge is 0.143 e. The fourth-order valence-electron chi connectivity index (χ4n) is 6.74. The average molecular weight is 536 g/mol. The fraction of sp³-hybridized carbons (Fsp3) is 0. The molecule has 1 heterocycles. The van der Waals surface area contributed by atoms with E-state index in [1.54, 1.807) is 0 Å². The second kappa shape index (κ2) is 8.95. The second-order valence-corrected chi connectivity index (χ2v) is 10.9. The Balaban J connectivity index is 1.46. The van der Waals surface area contributed by atoms with Gasteiger partial charge in [-0.15, -0.1) is 0 Å². The van der Waals surface area contributed by atoms with Gasteiger partial charge in [-0.1, -0.05) is 115 Å². The molecular formula is C40H25NO. The SMILES string of the molecule is c1ccc(N(c2cccc3oc4c5ccccc5ccc4c23)c2cc3ccccc3c3ccc4ccccc4c23)cc1. The van der Waals surface area contributed by atoms with Crippen molar-refractivity contribution in [3.63, 3.8) is 0 Å². The maximum Gasteiger partial charge on any atom is 0.143 e. The van der Waals surface area contributed by atoms with Crippen LogP contribution in [-0.2, 0) is 0 Å². The van der Waals surface area contributed by atoms with Crippen LogP contribution in [0.15, 0.2) is 156 Å². The Kier molecular flexibility index (Phi) is 4.93. The second-order valence-electron chi connectivity index (χ2n) is 10.9. The van der Waals surface area contributed by atoms with Gasteiger partial charge in [0.05, 0.1) is 16.8 Å². The minimum absolute atomic E-state index is 0.884. The van der Waals surface area contributed by atoms with Crippen molar-refractivity contribution < 1.29 is 4.42 Å². The van der Waals surface area contributed by atoms with Crippen LogP contribution < -0.4 is 4.90 Å². The molecule has 0 saturated heterocycles. The van der Waals surface area contributed by atoms with Crippen molar-refractivity contribution in [2.45, 2.75) is 0 Å². The molecule has 0 radical (unpaired) electrons. The summed E-state index contributed by atoms with van der Waals surface area (Å²) in [5.74, 6) is 0. The highest BCUT2D eigenvalue weighted by atomic mass is 16.3. The summed E-state index contributed by atoms with van der Waals surface area (Å²) in [5.41, 5.74) is 5.16. The van der Waals surface area contributed by atoms with Crippen molar-refractivity contribution in [3.8, 4) is 0 Å². The maximum atomic E-state index is 6.63. The first-order valence-electron chi connectivity index (χ1n) is 14.4. The molecule has 196 valence electrons. The van der Waals surface area contributed by atoms with Gasteiger partial charge in [0.1, 0.15) is 11.2 Å². The Morgan fingerprint density at radius 2 is 1.02 bits per heavy atom. The van der Waals surface area contributed by atoms with Crippen LogP contribution in [0.25, 0.3) is 65.0 Å². The van der Waals surface area contributed by atoms with E-state index in [1.807, 2.05) is 0 Å². The third kappa shape index (κ3) is 3.33. The van der Waals surface area contributed by atoms with Crippen LogP contribution in [-0.4, -0.2) is 0 Å². The Morgan fingerprint density at radius 3 is 1.83 bits per heavy atom. The quantitative estimate of drug-likeness (QED) is 0.209. The van der Waals surface area contributed by atoms with Gasteiger partial charge in [-0.2, -0.15) is 0 Å². The molecular weight excluding hydrogens is 510 g/mol. The van der Waals surface area contributed by atoms with Crippen molar-refractivity contribution in [2.75, 3.05) is 4.90 Å². The lowest BCUT2D eigenvalue weighted by molar-refractivity contribution is 0.672. The Bertz CT molecular complexity index is 2470. The van der Waals surface area contributed by atoms with Crippen molar-refractivity contribution in [3.05, 3.63) is 152 Å². The van der Waals surface area contributed by atoms with Crippen molar-refractivity contribution >= 4 is 82.1 Å².